The van der Waals surface area contributed by atoms with Crippen molar-refractivity contribution in [2.75, 3.05) is 39.8 Å². The monoisotopic (exact) mass is 852 g/mol. The first-order chi connectivity index (χ1) is 29.4. The molecule has 356 valence electrons. The predicted octanol–water partition coefficient (Wildman–Crippen LogP) is 13.5. The van der Waals surface area contributed by atoms with E-state index in [9.17, 15) is 19.5 Å². The number of nitrogens with zero attached hydrogens (tertiary/aromatic N) is 1. The maximum atomic E-state index is 12.9. The highest BCUT2D eigenvalue weighted by Gasteiger charge is 2.15. The summed E-state index contributed by atoms with van der Waals surface area (Å²) in [6.07, 6.45) is 40.9. The van der Waals surface area contributed by atoms with Gasteiger partial charge in [-0.2, -0.15) is 0 Å². The number of hydrogen-bond acceptors (Lipinski definition) is 7. The van der Waals surface area contributed by atoms with E-state index in [1.54, 1.807) is 7.05 Å². The van der Waals surface area contributed by atoms with Gasteiger partial charge in [0.1, 0.15) is 6.10 Å². The van der Waals surface area contributed by atoms with Gasteiger partial charge in [0, 0.05) is 33.0 Å². The molecule has 0 aliphatic carbocycles. The van der Waals surface area contributed by atoms with Crippen molar-refractivity contribution in [2.24, 2.45) is 0 Å². The Kier molecular flexibility index (Phi) is 45.2. The number of aliphatic hydroxyl groups excluding tert-OH is 1. The number of urea groups is 1. The van der Waals surface area contributed by atoms with Crippen LogP contribution in [0.1, 0.15) is 258 Å². The SMILES string of the molecule is CCCCCCCCCCCOC(=O)CCCCCN(CCCCCCCC(=O)OC(CCCCCCCC)CCCCCCCC)CC(O)CCCCCNC(=O)NC. The van der Waals surface area contributed by atoms with Gasteiger partial charge in [0.2, 0.25) is 0 Å². The summed E-state index contributed by atoms with van der Waals surface area (Å²) >= 11 is 0. The van der Waals surface area contributed by atoms with Crippen LogP contribution in [-0.2, 0) is 19.1 Å². The van der Waals surface area contributed by atoms with Crippen LogP contribution in [0.15, 0.2) is 0 Å². The highest BCUT2D eigenvalue weighted by Crippen LogP contribution is 2.19. The Morgan fingerprint density at radius 2 is 0.917 bits per heavy atom. The lowest BCUT2D eigenvalue weighted by molar-refractivity contribution is -0.150. The molecule has 1 atom stereocenters. The van der Waals surface area contributed by atoms with Crippen LogP contribution in [0.25, 0.3) is 0 Å². The largest absolute Gasteiger partial charge is 0.466 e. The number of aliphatic hydroxyl groups is 1. The lowest BCUT2D eigenvalue weighted by Crippen LogP contribution is -2.34. The Morgan fingerprint density at radius 3 is 1.45 bits per heavy atom. The fourth-order valence-electron chi connectivity index (χ4n) is 8.05. The molecule has 0 aliphatic rings. The number of nitrogens with one attached hydrogen (secondary N) is 2. The predicted molar refractivity (Wildman–Crippen MR) is 254 cm³/mol. The summed E-state index contributed by atoms with van der Waals surface area (Å²) in [5.74, 6) is -0.0753. The van der Waals surface area contributed by atoms with Crippen LogP contribution >= 0.6 is 0 Å². The lowest BCUT2D eigenvalue weighted by Gasteiger charge is -2.25. The van der Waals surface area contributed by atoms with E-state index in [1.165, 1.54) is 109 Å². The van der Waals surface area contributed by atoms with E-state index in [0.717, 1.165) is 129 Å². The minimum Gasteiger partial charge on any atom is -0.466 e. The molecule has 3 N–H and O–H groups in total. The Labute approximate surface area is 371 Å². The van der Waals surface area contributed by atoms with E-state index in [2.05, 4.69) is 36.3 Å². The van der Waals surface area contributed by atoms with E-state index in [-0.39, 0.29) is 30.2 Å². The average molecular weight is 852 g/mol. The van der Waals surface area contributed by atoms with Crippen molar-refractivity contribution in [1.29, 1.82) is 0 Å². The summed E-state index contributed by atoms with van der Waals surface area (Å²) in [5, 5.41) is 16.3. The minimum absolute atomic E-state index is 0.00749. The first-order valence-electron chi connectivity index (χ1n) is 26.1. The van der Waals surface area contributed by atoms with Gasteiger partial charge < -0.3 is 30.1 Å². The number of ether oxygens (including phenoxy) is 2. The highest BCUT2D eigenvalue weighted by molar-refractivity contribution is 5.73. The fraction of sp³-hybridized carbons (Fsp3) is 0.941. The van der Waals surface area contributed by atoms with Gasteiger partial charge in [-0.25, -0.2) is 4.79 Å². The molecular weight excluding hydrogens is 751 g/mol. The Morgan fingerprint density at radius 1 is 0.500 bits per heavy atom. The van der Waals surface area contributed by atoms with Crippen LogP contribution in [0.4, 0.5) is 4.79 Å². The second-order valence-electron chi connectivity index (χ2n) is 17.9. The topological polar surface area (TPSA) is 117 Å². The van der Waals surface area contributed by atoms with Gasteiger partial charge in [0.15, 0.2) is 0 Å². The summed E-state index contributed by atoms with van der Waals surface area (Å²) in [6, 6.07) is -0.152. The van der Waals surface area contributed by atoms with Gasteiger partial charge in [0.05, 0.1) is 12.7 Å². The lowest BCUT2D eigenvalue weighted by atomic mass is 10.0. The number of hydrogen-bond donors (Lipinski definition) is 3. The molecule has 0 heterocycles. The summed E-state index contributed by atoms with van der Waals surface area (Å²) in [4.78, 5) is 38.9. The number of rotatable bonds is 47. The van der Waals surface area contributed by atoms with Gasteiger partial charge in [-0.1, -0.05) is 175 Å². The van der Waals surface area contributed by atoms with Crippen LogP contribution in [0, 0.1) is 0 Å². The van der Waals surface area contributed by atoms with Crippen molar-refractivity contribution < 1.29 is 29.0 Å². The summed E-state index contributed by atoms with van der Waals surface area (Å²) in [5.41, 5.74) is 0. The molecule has 9 heteroatoms. The van der Waals surface area contributed by atoms with E-state index in [1.807, 2.05) is 0 Å². The van der Waals surface area contributed by atoms with Crippen molar-refractivity contribution in [1.82, 2.24) is 15.5 Å². The Balaban J connectivity index is 4.54. The molecule has 2 amide bonds. The Bertz CT molecular complexity index is 921. The van der Waals surface area contributed by atoms with E-state index >= 15 is 0 Å². The van der Waals surface area contributed by atoms with E-state index < -0.39 is 0 Å². The molecule has 1 unspecified atom stereocenters. The highest BCUT2D eigenvalue weighted by atomic mass is 16.5. The number of esters is 2. The molecule has 0 aliphatic heterocycles. The third kappa shape index (κ3) is 42.8. The maximum absolute atomic E-state index is 12.9. The van der Waals surface area contributed by atoms with Gasteiger partial charge >= 0.3 is 18.0 Å². The molecule has 60 heavy (non-hydrogen) atoms. The van der Waals surface area contributed by atoms with Crippen molar-refractivity contribution in [3.63, 3.8) is 0 Å². The molecule has 0 aromatic carbocycles. The number of unbranched alkanes of at least 4 members (excludes halogenated alkanes) is 26. The normalized spacial score (nSPS) is 12.0. The number of amides is 2. The van der Waals surface area contributed by atoms with Gasteiger partial charge in [0.25, 0.3) is 0 Å². The van der Waals surface area contributed by atoms with E-state index in [4.69, 9.17) is 9.47 Å². The van der Waals surface area contributed by atoms with Gasteiger partial charge in [-0.05, 0) is 83.7 Å². The van der Waals surface area contributed by atoms with Gasteiger partial charge in [-0.15, -0.1) is 0 Å². The van der Waals surface area contributed by atoms with Crippen LogP contribution in [0.2, 0.25) is 0 Å². The molecule has 0 rings (SSSR count). The Hall–Kier alpha value is -1.87. The minimum atomic E-state index is -0.370. The van der Waals surface area contributed by atoms with Gasteiger partial charge in [-0.3, -0.25) is 9.59 Å². The molecule has 0 saturated carbocycles. The van der Waals surface area contributed by atoms with Crippen molar-refractivity contribution in [2.45, 2.75) is 271 Å². The van der Waals surface area contributed by atoms with Crippen LogP contribution in [-0.4, -0.2) is 80.0 Å². The molecule has 0 saturated heterocycles. The van der Waals surface area contributed by atoms with Crippen molar-refractivity contribution in [3.05, 3.63) is 0 Å². The third-order valence-electron chi connectivity index (χ3n) is 12.0. The fourth-order valence-corrected chi connectivity index (χ4v) is 8.05. The molecule has 0 aromatic rings. The second kappa shape index (κ2) is 46.6. The first kappa shape index (κ1) is 58.1. The maximum Gasteiger partial charge on any atom is 0.314 e. The van der Waals surface area contributed by atoms with E-state index in [0.29, 0.717) is 32.5 Å². The molecule has 0 bridgehead atoms. The molecule has 0 spiro atoms. The van der Waals surface area contributed by atoms with Crippen LogP contribution < -0.4 is 10.6 Å². The average Bonchev–Trinajstić information content (AvgIpc) is 3.24. The molecule has 0 radical (unpaired) electrons. The summed E-state index contributed by atoms with van der Waals surface area (Å²) in [6.45, 7) is 10.5. The molecule has 9 nitrogen and oxygen atoms in total. The third-order valence-corrected chi connectivity index (χ3v) is 12.0. The standard InChI is InChI=1S/C51H101N3O6/c1-5-8-11-14-17-18-19-25-36-45-59-49(56)40-32-27-35-44-54(46-47(55)37-28-26-33-42-53-51(58)52-4)43-34-24-20-23-31-41-50(57)60-48(38-29-21-15-12-9-6-2)39-30-22-16-13-10-7-3/h47-48,55H,5-46H2,1-4H3,(H2,52,53,58). The second-order valence-corrected chi connectivity index (χ2v) is 17.9. The zero-order valence-corrected chi connectivity index (χ0v) is 40.3. The van der Waals surface area contributed by atoms with Crippen LogP contribution in [0.5, 0.6) is 0 Å². The molecule has 0 fully saturated rings. The molecule has 0 aromatic heterocycles. The quantitative estimate of drug-likeness (QED) is 0.0412. The van der Waals surface area contributed by atoms with Crippen LogP contribution in [0.3, 0.4) is 0 Å². The summed E-state index contributed by atoms with van der Waals surface area (Å²) < 4.78 is 11.6. The zero-order chi connectivity index (χ0) is 44.0. The molecular formula is C51H101N3O6. The van der Waals surface area contributed by atoms with Crippen molar-refractivity contribution >= 4 is 18.0 Å². The van der Waals surface area contributed by atoms with Crippen molar-refractivity contribution in [3.8, 4) is 0 Å². The zero-order valence-electron chi connectivity index (χ0n) is 40.3. The number of carbonyl (C=O) groups is 3. The first-order valence-corrected chi connectivity index (χ1v) is 26.1. The smallest absolute Gasteiger partial charge is 0.314 e. The summed E-state index contributed by atoms with van der Waals surface area (Å²) in [7, 11) is 1.62. The number of carbonyl (C=O) groups excluding carboxylic acids is 3.